The molecule has 7 nitrogen and oxygen atoms in total. The lowest BCUT2D eigenvalue weighted by atomic mass is 10.1. The smallest absolute Gasteiger partial charge is 0.315 e. The van der Waals surface area contributed by atoms with Crippen LogP contribution in [0.1, 0.15) is 35.3 Å². The Kier molecular flexibility index (Phi) is 5.61. The van der Waals surface area contributed by atoms with E-state index in [0.29, 0.717) is 25.5 Å². The van der Waals surface area contributed by atoms with E-state index in [4.69, 9.17) is 9.47 Å². The van der Waals surface area contributed by atoms with Gasteiger partial charge in [-0.2, -0.15) is 5.10 Å². The standard InChI is InChI=1S/C23H26N4O3/c1-15-4-7-19(8-5-15)27-17(3)20(14-25-27)16(2)26-23(28)24-13-18-6-9-21-22(12-18)30-11-10-29-21/h4-9,12,14,16H,10-11,13H2,1-3H3,(H2,24,26,28)/t16-/m0/s1. The zero-order chi connectivity index (χ0) is 21.1. The summed E-state index contributed by atoms with van der Waals surface area (Å²) in [5.41, 5.74) is 5.13. The molecule has 30 heavy (non-hydrogen) atoms. The number of fused-ring (bicyclic) bond motifs is 1. The van der Waals surface area contributed by atoms with Crippen LogP contribution in [0, 0.1) is 13.8 Å². The van der Waals surface area contributed by atoms with Crippen LogP contribution >= 0.6 is 0 Å². The predicted octanol–water partition coefficient (Wildman–Crippen LogP) is 3.82. The molecule has 0 saturated heterocycles. The largest absolute Gasteiger partial charge is 0.486 e. The van der Waals surface area contributed by atoms with Crippen molar-refractivity contribution in [3.05, 3.63) is 71.0 Å². The van der Waals surface area contributed by atoms with Gasteiger partial charge in [0, 0.05) is 17.8 Å². The average molecular weight is 406 g/mol. The molecule has 0 bridgehead atoms. The monoisotopic (exact) mass is 406 g/mol. The molecule has 3 aromatic rings. The van der Waals surface area contributed by atoms with Crippen molar-refractivity contribution in [2.75, 3.05) is 13.2 Å². The van der Waals surface area contributed by atoms with Crippen molar-refractivity contribution in [2.24, 2.45) is 0 Å². The lowest BCUT2D eigenvalue weighted by Gasteiger charge is -2.19. The summed E-state index contributed by atoms with van der Waals surface area (Å²) in [5.74, 6) is 1.46. The van der Waals surface area contributed by atoms with E-state index in [1.165, 1.54) is 5.56 Å². The highest BCUT2D eigenvalue weighted by atomic mass is 16.6. The molecular formula is C23H26N4O3. The average Bonchev–Trinajstić information content (AvgIpc) is 3.14. The Morgan fingerprint density at radius 3 is 2.60 bits per heavy atom. The van der Waals surface area contributed by atoms with Crippen molar-refractivity contribution in [3.63, 3.8) is 0 Å². The van der Waals surface area contributed by atoms with Gasteiger partial charge in [0.25, 0.3) is 0 Å². The first-order valence-corrected chi connectivity index (χ1v) is 10.1. The van der Waals surface area contributed by atoms with E-state index in [-0.39, 0.29) is 12.1 Å². The number of aryl methyl sites for hydroxylation is 1. The quantitative estimate of drug-likeness (QED) is 0.675. The molecule has 0 saturated carbocycles. The van der Waals surface area contributed by atoms with Gasteiger partial charge >= 0.3 is 6.03 Å². The van der Waals surface area contributed by atoms with Gasteiger partial charge in [0.2, 0.25) is 0 Å². The molecule has 0 fully saturated rings. The Hall–Kier alpha value is -3.48. The number of nitrogens with zero attached hydrogens (tertiary/aromatic N) is 2. The number of carbonyl (C=O) groups is 1. The summed E-state index contributed by atoms with van der Waals surface area (Å²) in [4.78, 5) is 12.4. The number of carbonyl (C=O) groups excluding carboxylic acids is 1. The third-order valence-electron chi connectivity index (χ3n) is 5.20. The molecule has 156 valence electrons. The maximum atomic E-state index is 12.4. The molecule has 2 heterocycles. The number of ether oxygens (including phenoxy) is 2. The second kappa shape index (κ2) is 8.49. The second-order valence-electron chi connectivity index (χ2n) is 7.46. The lowest BCUT2D eigenvalue weighted by Crippen LogP contribution is -2.36. The highest BCUT2D eigenvalue weighted by Gasteiger charge is 2.17. The van der Waals surface area contributed by atoms with E-state index in [0.717, 1.165) is 28.3 Å². The van der Waals surface area contributed by atoms with Crippen molar-refractivity contribution in [1.29, 1.82) is 0 Å². The van der Waals surface area contributed by atoms with Gasteiger partial charge in [0.15, 0.2) is 11.5 Å². The number of nitrogens with one attached hydrogen (secondary N) is 2. The van der Waals surface area contributed by atoms with Crippen LogP contribution in [-0.4, -0.2) is 29.0 Å². The van der Waals surface area contributed by atoms with E-state index in [2.05, 4.69) is 34.8 Å². The summed E-state index contributed by atoms with van der Waals surface area (Å²) in [6, 6.07) is 13.5. The first-order chi connectivity index (χ1) is 14.5. The van der Waals surface area contributed by atoms with Crippen molar-refractivity contribution in [1.82, 2.24) is 20.4 Å². The van der Waals surface area contributed by atoms with Gasteiger partial charge in [-0.1, -0.05) is 23.8 Å². The van der Waals surface area contributed by atoms with E-state index < -0.39 is 0 Å². The normalized spacial score (nSPS) is 13.6. The summed E-state index contributed by atoms with van der Waals surface area (Å²) in [7, 11) is 0. The second-order valence-corrected chi connectivity index (χ2v) is 7.46. The van der Waals surface area contributed by atoms with Gasteiger partial charge < -0.3 is 20.1 Å². The van der Waals surface area contributed by atoms with Crippen LogP contribution in [0.15, 0.2) is 48.7 Å². The molecule has 1 aliphatic heterocycles. The number of rotatable bonds is 5. The number of hydrogen-bond acceptors (Lipinski definition) is 4. The molecule has 2 aromatic carbocycles. The SMILES string of the molecule is Cc1ccc(-n2ncc([C@H](C)NC(=O)NCc3ccc4c(c3)OCCO4)c2C)cc1. The summed E-state index contributed by atoms with van der Waals surface area (Å²) >= 11 is 0. The van der Waals surface area contributed by atoms with E-state index >= 15 is 0 Å². The van der Waals surface area contributed by atoms with Gasteiger partial charge in [0.1, 0.15) is 13.2 Å². The Labute approximate surface area is 176 Å². The highest BCUT2D eigenvalue weighted by molar-refractivity contribution is 5.74. The van der Waals surface area contributed by atoms with Crippen LogP contribution in [0.2, 0.25) is 0 Å². The molecule has 0 spiro atoms. The molecule has 7 heteroatoms. The maximum absolute atomic E-state index is 12.4. The van der Waals surface area contributed by atoms with Gasteiger partial charge in [-0.15, -0.1) is 0 Å². The molecule has 0 unspecified atom stereocenters. The first-order valence-electron chi connectivity index (χ1n) is 10.1. The van der Waals surface area contributed by atoms with Crippen LogP contribution in [0.5, 0.6) is 11.5 Å². The fraction of sp³-hybridized carbons (Fsp3) is 0.304. The predicted molar refractivity (Wildman–Crippen MR) is 114 cm³/mol. The molecule has 1 aliphatic rings. The van der Waals surface area contributed by atoms with Crippen LogP contribution in [0.3, 0.4) is 0 Å². The van der Waals surface area contributed by atoms with Crippen LogP contribution in [0.4, 0.5) is 4.79 Å². The van der Waals surface area contributed by atoms with Crippen molar-refractivity contribution in [3.8, 4) is 17.2 Å². The third kappa shape index (κ3) is 4.25. The maximum Gasteiger partial charge on any atom is 0.315 e. The van der Waals surface area contributed by atoms with E-state index in [1.807, 2.05) is 48.9 Å². The molecule has 1 atom stereocenters. The Morgan fingerprint density at radius 1 is 1.10 bits per heavy atom. The van der Waals surface area contributed by atoms with Crippen LogP contribution in [0.25, 0.3) is 5.69 Å². The summed E-state index contributed by atoms with van der Waals surface area (Å²) in [6.07, 6.45) is 1.81. The first kappa shape index (κ1) is 19.8. The molecule has 2 N–H and O–H groups in total. The fourth-order valence-corrected chi connectivity index (χ4v) is 3.50. The Morgan fingerprint density at radius 2 is 1.83 bits per heavy atom. The van der Waals surface area contributed by atoms with Crippen molar-refractivity contribution >= 4 is 6.03 Å². The van der Waals surface area contributed by atoms with Gasteiger partial charge in [-0.3, -0.25) is 0 Å². The Balaban J connectivity index is 1.36. The van der Waals surface area contributed by atoms with Gasteiger partial charge in [0.05, 0.1) is 17.9 Å². The number of hydrogen-bond donors (Lipinski definition) is 2. The molecular weight excluding hydrogens is 380 g/mol. The molecule has 4 rings (SSSR count). The van der Waals surface area contributed by atoms with Crippen molar-refractivity contribution < 1.29 is 14.3 Å². The lowest BCUT2D eigenvalue weighted by molar-refractivity contribution is 0.171. The zero-order valence-electron chi connectivity index (χ0n) is 17.4. The third-order valence-corrected chi connectivity index (χ3v) is 5.20. The highest BCUT2D eigenvalue weighted by Crippen LogP contribution is 2.30. The summed E-state index contributed by atoms with van der Waals surface area (Å²) in [5, 5.41) is 10.4. The van der Waals surface area contributed by atoms with Crippen LogP contribution in [-0.2, 0) is 6.54 Å². The van der Waals surface area contributed by atoms with Gasteiger partial charge in [-0.05, 0) is 50.6 Å². The number of urea groups is 1. The zero-order valence-corrected chi connectivity index (χ0v) is 17.4. The van der Waals surface area contributed by atoms with E-state index in [1.54, 1.807) is 6.20 Å². The Bertz CT molecular complexity index is 1040. The van der Waals surface area contributed by atoms with Crippen LogP contribution < -0.4 is 20.1 Å². The molecule has 1 aromatic heterocycles. The number of benzene rings is 2. The topological polar surface area (TPSA) is 77.4 Å². The molecule has 0 radical (unpaired) electrons. The van der Waals surface area contributed by atoms with Crippen molar-refractivity contribution in [2.45, 2.75) is 33.4 Å². The molecule has 0 aliphatic carbocycles. The number of amides is 2. The fourth-order valence-electron chi connectivity index (χ4n) is 3.50. The van der Waals surface area contributed by atoms with Gasteiger partial charge in [-0.25, -0.2) is 9.48 Å². The minimum absolute atomic E-state index is 0.176. The summed E-state index contributed by atoms with van der Waals surface area (Å²) < 4.78 is 13.0. The summed E-state index contributed by atoms with van der Waals surface area (Å²) in [6.45, 7) is 7.51. The molecule has 2 amide bonds. The number of aromatic nitrogens is 2. The minimum Gasteiger partial charge on any atom is -0.486 e. The minimum atomic E-state index is -0.236. The van der Waals surface area contributed by atoms with E-state index in [9.17, 15) is 4.79 Å².